The lowest BCUT2D eigenvalue weighted by atomic mass is 10.1. The van der Waals surface area contributed by atoms with Gasteiger partial charge in [-0.3, -0.25) is 4.79 Å². The summed E-state index contributed by atoms with van der Waals surface area (Å²) in [5.41, 5.74) is 6.81. The summed E-state index contributed by atoms with van der Waals surface area (Å²) in [6.07, 6.45) is 0. The minimum atomic E-state index is -0.328. The Labute approximate surface area is 144 Å². The second kappa shape index (κ2) is 7.44. The van der Waals surface area contributed by atoms with Crippen molar-refractivity contribution in [2.75, 3.05) is 24.8 Å². The number of rotatable bonds is 5. The average molecular weight is 355 g/mol. The lowest BCUT2D eigenvalue weighted by Crippen LogP contribution is -2.12. The Morgan fingerprint density at radius 1 is 1.17 bits per heavy atom. The van der Waals surface area contributed by atoms with E-state index in [1.165, 1.54) is 19.2 Å². The van der Waals surface area contributed by atoms with Crippen LogP contribution in [0.15, 0.2) is 30.3 Å². The van der Waals surface area contributed by atoms with E-state index >= 15 is 0 Å². The van der Waals surface area contributed by atoms with E-state index in [1.807, 2.05) is 6.92 Å². The first-order valence-corrected chi connectivity index (χ1v) is 7.58. The fraction of sp³-hybridized carbons (Fsp3) is 0.188. The highest BCUT2D eigenvalue weighted by Crippen LogP contribution is 2.32. The maximum Gasteiger partial charge on any atom is 0.255 e. The summed E-state index contributed by atoms with van der Waals surface area (Å²) in [6.45, 7) is 2.31. The average Bonchev–Trinajstić information content (AvgIpc) is 2.52. The van der Waals surface area contributed by atoms with Gasteiger partial charge in [-0.1, -0.05) is 23.2 Å². The van der Waals surface area contributed by atoms with Gasteiger partial charge in [0.05, 0.1) is 29.4 Å². The van der Waals surface area contributed by atoms with E-state index in [2.05, 4.69) is 5.32 Å². The number of nitrogens with one attached hydrogen (secondary N) is 1. The SMILES string of the molecule is CCOc1cc(C(=O)Nc2cc(Cl)c(N)c(Cl)c2)ccc1OC. The molecule has 0 saturated heterocycles. The molecule has 1 amide bonds. The number of methoxy groups -OCH3 is 1. The number of hydrogen-bond acceptors (Lipinski definition) is 4. The molecule has 2 rings (SSSR count). The largest absolute Gasteiger partial charge is 0.493 e. The van der Waals surface area contributed by atoms with Gasteiger partial charge in [0.25, 0.3) is 5.91 Å². The van der Waals surface area contributed by atoms with Gasteiger partial charge < -0.3 is 20.5 Å². The van der Waals surface area contributed by atoms with Crippen molar-refractivity contribution >= 4 is 40.5 Å². The molecule has 0 radical (unpaired) electrons. The van der Waals surface area contributed by atoms with Crippen molar-refractivity contribution in [3.05, 3.63) is 45.9 Å². The molecule has 0 heterocycles. The van der Waals surface area contributed by atoms with E-state index in [9.17, 15) is 4.79 Å². The normalized spacial score (nSPS) is 10.3. The van der Waals surface area contributed by atoms with Gasteiger partial charge in [-0.25, -0.2) is 0 Å². The van der Waals surface area contributed by atoms with E-state index in [-0.39, 0.29) is 21.6 Å². The molecule has 0 aromatic heterocycles. The Hall–Kier alpha value is -2.11. The first kappa shape index (κ1) is 17.2. The predicted octanol–water partition coefficient (Wildman–Crippen LogP) is 4.24. The van der Waals surface area contributed by atoms with Crippen molar-refractivity contribution in [3.8, 4) is 11.5 Å². The van der Waals surface area contributed by atoms with Gasteiger partial charge in [-0.15, -0.1) is 0 Å². The van der Waals surface area contributed by atoms with Crippen molar-refractivity contribution < 1.29 is 14.3 Å². The first-order valence-electron chi connectivity index (χ1n) is 6.83. The minimum absolute atomic E-state index is 0.273. The molecule has 23 heavy (non-hydrogen) atoms. The Kier molecular flexibility index (Phi) is 5.58. The molecule has 7 heteroatoms. The third kappa shape index (κ3) is 4.00. The standard InChI is InChI=1S/C16H16Cl2N2O3/c1-3-23-14-6-9(4-5-13(14)22-2)16(21)20-10-7-11(17)15(19)12(18)8-10/h4-8H,3,19H2,1-2H3,(H,20,21). The van der Waals surface area contributed by atoms with Gasteiger partial charge in [0.1, 0.15) is 0 Å². The molecule has 5 nitrogen and oxygen atoms in total. The van der Waals surface area contributed by atoms with Crippen molar-refractivity contribution in [1.29, 1.82) is 0 Å². The van der Waals surface area contributed by atoms with Gasteiger partial charge in [0.15, 0.2) is 11.5 Å². The molecule has 0 aliphatic rings. The molecule has 0 spiro atoms. The number of benzene rings is 2. The number of anilines is 2. The van der Waals surface area contributed by atoms with Crippen LogP contribution in [0.5, 0.6) is 11.5 Å². The molecule has 0 unspecified atom stereocenters. The van der Waals surface area contributed by atoms with E-state index in [1.54, 1.807) is 18.2 Å². The first-order chi connectivity index (χ1) is 11.0. The molecular weight excluding hydrogens is 339 g/mol. The summed E-state index contributed by atoms with van der Waals surface area (Å²) in [6, 6.07) is 7.99. The maximum absolute atomic E-state index is 12.4. The van der Waals surface area contributed by atoms with Crippen LogP contribution >= 0.6 is 23.2 Å². The highest BCUT2D eigenvalue weighted by atomic mass is 35.5. The van der Waals surface area contributed by atoms with E-state index < -0.39 is 0 Å². The highest BCUT2D eigenvalue weighted by Gasteiger charge is 2.13. The topological polar surface area (TPSA) is 73.6 Å². The molecule has 0 atom stereocenters. The zero-order valence-corrected chi connectivity index (χ0v) is 14.2. The van der Waals surface area contributed by atoms with Crippen LogP contribution in [0.4, 0.5) is 11.4 Å². The van der Waals surface area contributed by atoms with Crippen molar-refractivity contribution in [1.82, 2.24) is 0 Å². The monoisotopic (exact) mass is 354 g/mol. The summed E-state index contributed by atoms with van der Waals surface area (Å²) in [5.74, 6) is 0.725. The quantitative estimate of drug-likeness (QED) is 0.787. The van der Waals surface area contributed by atoms with Crippen LogP contribution in [0, 0.1) is 0 Å². The zero-order valence-electron chi connectivity index (χ0n) is 12.7. The smallest absolute Gasteiger partial charge is 0.255 e. The Morgan fingerprint density at radius 2 is 1.83 bits per heavy atom. The minimum Gasteiger partial charge on any atom is -0.493 e. The zero-order chi connectivity index (χ0) is 17.0. The Bertz CT molecular complexity index is 712. The number of carbonyl (C=O) groups excluding carboxylic acids is 1. The summed E-state index contributed by atoms with van der Waals surface area (Å²) in [5, 5.41) is 3.27. The summed E-state index contributed by atoms with van der Waals surface area (Å²) in [7, 11) is 1.54. The lowest BCUT2D eigenvalue weighted by molar-refractivity contribution is 0.102. The van der Waals surface area contributed by atoms with E-state index in [4.69, 9.17) is 38.4 Å². The highest BCUT2D eigenvalue weighted by molar-refractivity contribution is 6.39. The van der Waals surface area contributed by atoms with Crippen LogP contribution in [-0.2, 0) is 0 Å². The van der Waals surface area contributed by atoms with Gasteiger partial charge in [0, 0.05) is 11.3 Å². The molecule has 2 aromatic carbocycles. The number of amides is 1. The number of nitrogens with two attached hydrogens (primary N) is 1. The van der Waals surface area contributed by atoms with Gasteiger partial charge in [0.2, 0.25) is 0 Å². The number of halogens is 2. The Morgan fingerprint density at radius 3 is 2.39 bits per heavy atom. The van der Waals surface area contributed by atoms with Crippen molar-refractivity contribution in [3.63, 3.8) is 0 Å². The maximum atomic E-state index is 12.4. The second-order valence-corrected chi connectivity index (χ2v) is 5.42. The molecule has 122 valence electrons. The van der Waals surface area contributed by atoms with Gasteiger partial charge >= 0.3 is 0 Å². The third-order valence-corrected chi connectivity index (χ3v) is 3.69. The third-order valence-electron chi connectivity index (χ3n) is 3.06. The predicted molar refractivity (Wildman–Crippen MR) is 93.0 cm³/mol. The van der Waals surface area contributed by atoms with Crippen LogP contribution in [0.2, 0.25) is 10.0 Å². The molecule has 0 aliphatic carbocycles. The molecule has 0 fully saturated rings. The molecule has 0 saturated carbocycles. The number of carbonyl (C=O) groups is 1. The van der Waals surface area contributed by atoms with Crippen LogP contribution in [-0.4, -0.2) is 19.6 Å². The number of nitrogen functional groups attached to an aromatic ring is 1. The summed E-state index contributed by atoms with van der Waals surface area (Å²) >= 11 is 11.9. The van der Waals surface area contributed by atoms with Crippen LogP contribution in [0.1, 0.15) is 17.3 Å². The summed E-state index contributed by atoms with van der Waals surface area (Å²) < 4.78 is 10.6. The lowest BCUT2D eigenvalue weighted by Gasteiger charge is -2.12. The molecular formula is C16H16Cl2N2O3. The van der Waals surface area contributed by atoms with E-state index in [0.29, 0.717) is 29.4 Å². The summed E-state index contributed by atoms with van der Waals surface area (Å²) in [4.78, 5) is 12.4. The van der Waals surface area contributed by atoms with Crippen LogP contribution in [0.3, 0.4) is 0 Å². The fourth-order valence-electron chi connectivity index (χ4n) is 1.95. The van der Waals surface area contributed by atoms with Gasteiger partial charge in [-0.2, -0.15) is 0 Å². The van der Waals surface area contributed by atoms with Gasteiger partial charge in [-0.05, 0) is 37.3 Å². The van der Waals surface area contributed by atoms with Crippen molar-refractivity contribution in [2.45, 2.75) is 6.92 Å². The second-order valence-electron chi connectivity index (χ2n) is 4.61. The Balaban J connectivity index is 2.25. The van der Waals surface area contributed by atoms with Crippen molar-refractivity contribution in [2.24, 2.45) is 0 Å². The number of ether oxygens (including phenoxy) is 2. The van der Waals surface area contributed by atoms with Crippen LogP contribution in [0.25, 0.3) is 0 Å². The number of hydrogen-bond donors (Lipinski definition) is 2. The van der Waals surface area contributed by atoms with Crippen LogP contribution < -0.4 is 20.5 Å². The fourth-order valence-corrected chi connectivity index (χ4v) is 2.43. The molecule has 0 bridgehead atoms. The molecule has 0 aliphatic heterocycles. The molecule has 3 N–H and O–H groups in total. The van der Waals surface area contributed by atoms with E-state index in [0.717, 1.165) is 0 Å². The molecule has 2 aromatic rings.